The van der Waals surface area contributed by atoms with Crippen LogP contribution in [0.5, 0.6) is 0 Å². The number of carbonyl (C=O) groups excluding carboxylic acids is 1. The van der Waals surface area contributed by atoms with Crippen LogP contribution in [0.3, 0.4) is 0 Å². The molecule has 4 N–H and O–H groups in total. The first-order chi connectivity index (χ1) is 13.7. The van der Waals surface area contributed by atoms with Gasteiger partial charge in [-0.05, 0) is 44.4 Å². The van der Waals surface area contributed by atoms with Crippen molar-refractivity contribution in [3.63, 3.8) is 0 Å². The molecule has 29 heavy (non-hydrogen) atoms. The van der Waals surface area contributed by atoms with Gasteiger partial charge in [0.1, 0.15) is 0 Å². The monoisotopic (exact) mass is 409 g/mol. The van der Waals surface area contributed by atoms with Gasteiger partial charge >= 0.3 is 5.97 Å². The molecule has 0 radical (unpaired) electrons. The third-order valence-corrected chi connectivity index (χ3v) is 5.93. The standard InChI is InChI=1S/C23H39NO5/c1-4-5-6-7-8-9-14-20-19(15-16-21(20)24-18(3)25)13-11-10-12-17(2)23(28,29)22(26)27/h9-11,14,17,19-21,28-29H,4-8,12-13,15-16H2,1-3H3,(H,24,25)(H,26,27)/b11-10-,14-9+/t17?,19-,20+,21+/m0/s1. The number of unbranched alkanes of at least 4 members (excludes halogenated alkanes) is 4. The minimum atomic E-state index is -2.71. The molecule has 4 atom stereocenters. The molecule has 0 aromatic rings. The largest absolute Gasteiger partial charge is 0.477 e. The minimum Gasteiger partial charge on any atom is -0.477 e. The van der Waals surface area contributed by atoms with Gasteiger partial charge in [0, 0.05) is 24.8 Å². The second kappa shape index (κ2) is 12.8. The average Bonchev–Trinajstić information content (AvgIpc) is 3.02. The average molecular weight is 410 g/mol. The Hall–Kier alpha value is -1.66. The molecule has 1 saturated carbocycles. The predicted molar refractivity (Wildman–Crippen MR) is 114 cm³/mol. The Kier molecular flexibility index (Phi) is 11.2. The van der Waals surface area contributed by atoms with Crippen LogP contribution in [0.25, 0.3) is 0 Å². The van der Waals surface area contributed by atoms with E-state index in [1.807, 2.05) is 12.2 Å². The fraction of sp³-hybridized carbons (Fsp3) is 0.739. The lowest BCUT2D eigenvalue weighted by Gasteiger charge is -2.23. The Labute approximate surface area is 175 Å². The number of carbonyl (C=O) groups is 2. The second-order valence-electron chi connectivity index (χ2n) is 8.37. The molecule has 1 fully saturated rings. The van der Waals surface area contributed by atoms with Crippen LogP contribution in [0.15, 0.2) is 24.3 Å². The SMILES string of the molecule is CCCCCC/C=C/[C@@H]1[C@@H](C/C=C\CC(C)C(O)(O)C(=O)O)CC[C@H]1NC(C)=O. The van der Waals surface area contributed by atoms with E-state index in [1.165, 1.54) is 32.6 Å². The molecular formula is C23H39NO5. The summed E-state index contributed by atoms with van der Waals surface area (Å²) in [5.41, 5.74) is 0. The molecule has 0 heterocycles. The van der Waals surface area contributed by atoms with E-state index in [-0.39, 0.29) is 18.4 Å². The summed E-state index contributed by atoms with van der Waals surface area (Å²) in [5, 5.41) is 31.1. The molecule has 0 spiro atoms. The van der Waals surface area contributed by atoms with Crippen molar-refractivity contribution in [2.45, 2.75) is 90.4 Å². The highest BCUT2D eigenvalue weighted by Crippen LogP contribution is 2.36. The lowest BCUT2D eigenvalue weighted by atomic mass is 9.89. The van der Waals surface area contributed by atoms with Gasteiger partial charge in [-0.2, -0.15) is 0 Å². The summed E-state index contributed by atoms with van der Waals surface area (Å²) in [7, 11) is 0. The van der Waals surface area contributed by atoms with Crippen LogP contribution in [-0.2, 0) is 9.59 Å². The number of nitrogens with one attached hydrogen (secondary N) is 1. The first-order valence-corrected chi connectivity index (χ1v) is 11.0. The molecule has 1 aliphatic carbocycles. The first-order valence-electron chi connectivity index (χ1n) is 11.0. The van der Waals surface area contributed by atoms with Gasteiger partial charge < -0.3 is 20.6 Å². The summed E-state index contributed by atoms with van der Waals surface area (Å²) >= 11 is 0. The van der Waals surface area contributed by atoms with Crippen molar-refractivity contribution < 1.29 is 24.9 Å². The van der Waals surface area contributed by atoms with Crippen LogP contribution < -0.4 is 5.32 Å². The van der Waals surface area contributed by atoms with E-state index < -0.39 is 17.7 Å². The molecule has 0 aliphatic heterocycles. The molecule has 0 saturated heterocycles. The molecule has 6 heteroatoms. The number of allylic oxidation sites excluding steroid dienone is 3. The highest BCUT2D eigenvalue weighted by atomic mass is 16.5. The third kappa shape index (κ3) is 8.70. The molecule has 1 amide bonds. The number of carboxylic acid groups (broad SMARTS) is 1. The molecule has 1 aliphatic rings. The van der Waals surface area contributed by atoms with E-state index in [0.29, 0.717) is 11.8 Å². The summed E-state index contributed by atoms with van der Waals surface area (Å²) in [5.74, 6) is -4.43. The number of rotatable bonds is 13. The Bertz CT molecular complexity index is 570. The summed E-state index contributed by atoms with van der Waals surface area (Å²) in [6.07, 6.45) is 17.4. The summed E-state index contributed by atoms with van der Waals surface area (Å²) in [6, 6.07) is 0.159. The third-order valence-electron chi connectivity index (χ3n) is 5.93. The Morgan fingerprint density at radius 2 is 1.86 bits per heavy atom. The summed E-state index contributed by atoms with van der Waals surface area (Å²) in [6.45, 7) is 5.26. The van der Waals surface area contributed by atoms with Crippen molar-refractivity contribution in [2.75, 3.05) is 0 Å². The smallest absolute Gasteiger partial charge is 0.364 e. The van der Waals surface area contributed by atoms with Gasteiger partial charge in [-0.3, -0.25) is 4.79 Å². The van der Waals surface area contributed by atoms with Crippen LogP contribution in [0, 0.1) is 17.8 Å². The maximum absolute atomic E-state index is 11.5. The van der Waals surface area contributed by atoms with E-state index in [1.54, 1.807) is 6.92 Å². The number of aliphatic carboxylic acids is 1. The molecular weight excluding hydrogens is 370 g/mol. The number of aliphatic hydroxyl groups is 2. The van der Waals surface area contributed by atoms with Crippen molar-refractivity contribution in [1.29, 1.82) is 0 Å². The molecule has 0 bridgehead atoms. The molecule has 0 aromatic carbocycles. The lowest BCUT2D eigenvalue weighted by molar-refractivity contribution is -0.219. The predicted octanol–water partition coefficient (Wildman–Crippen LogP) is 3.78. The molecule has 0 aromatic heterocycles. The normalized spacial score (nSPS) is 23.7. The van der Waals surface area contributed by atoms with Gasteiger partial charge in [-0.15, -0.1) is 0 Å². The zero-order valence-corrected chi connectivity index (χ0v) is 18.1. The summed E-state index contributed by atoms with van der Waals surface area (Å²) in [4.78, 5) is 22.4. The van der Waals surface area contributed by atoms with E-state index in [4.69, 9.17) is 5.11 Å². The number of amides is 1. The topological polar surface area (TPSA) is 107 Å². The van der Waals surface area contributed by atoms with Crippen molar-refractivity contribution >= 4 is 11.9 Å². The van der Waals surface area contributed by atoms with Crippen molar-refractivity contribution in [1.82, 2.24) is 5.32 Å². The van der Waals surface area contributed by atoms with Crippen LogP contribution in [0.2, 0.25) is 0 Å². The van der Waals surface area contributed by atoms with Crippen LogP contribution in [0.4, 0.5) is 0 Å². The van der Waals surface area contributed by atoms with E-state index in [0.717, 1.165) is 25.7 Å². The van der Waals surface area contributed by atoms with Crippen LogP contribution in [-0.4, -0.2) is 39.0 Å². The molecule has 166 valence electrons. The van der Waals surface area contributed by atoms with Gasteiger partial charge in [0.2, 0.25) is 5.91 Å². The van der Waals surface area contributed by atoms with Gasteiger partial charge in [0.15, 0.2) is 0 Å². The van der Waals surface area contributed by atoms with E-state index >= 15 is 0 Å². The van der Waals surface area contributed by atoms with E-state index in [2.05, 4.69) is 24.4 Å². The Morgan fingerprint density at radius 3 is 2.48 bits per heavy atom. The van der Waals surface area contributed by atoms with Crippen molar-refractivity contribution in [3.8, 4) is 0 Å². The van der Waals surface area contributed by atoms with Gasteiger partial charge in [0.25, 0.3) is 5.79 Å². The zero-order chi connectivity index (χ0) is 21.9. The van der Waals surface area contributed by atoms with Crippen molar-refractivity contribution in [2.24, 2.45) is 17.8 Å². The summed E-state index contributed by atoms with van der Waals surface area (Å²) < 4.78 is 0. The van der Waals surface area contributed by atoms with Gasteiger partial charge in [-0.25, -0.2) is 4.79 Å². The fourth-order valence-electron chi connectivity index (χ4n) is 3.99. The van der Waals surface area contributed by atoms with Crippen LogP contribution >= 0.6 is 0 Å². The highest BCUT2D eigenvalue weighted by Gasteiger charge is 2.39. The number of hydrogen-bond donors (Lipinski definition) is 4. The fourth-order valence-corrected chi connectivity index (χ4v) is 3.99. The number of carboxylic acids is 1. The minimum absolute atomic E-state index is 0.00253. The van der Waals surface area contributed by atoms with Crippen molar-refractivity contribution in [3.05, 3.63) is 24.3 Å². The van der Waals surface area contributed by atoms with Crippen LogP contribution in [0.1, 0.15) is 78.6 Å². The van der Waals surface area contributed by atoms with Gasteiger partial charge in [0.05, 0.1) is 0 Å². The maximum atomic E-state index is 11.5. The van der Waals surface area contributed by atoms with E-state index in [9.17, 15) is 19.8 Å². The van der Waals surface area contributed by atoms with Gasteiger partial charge in [-0.1, -0.05) is 57.4 Å². The molecule has 1 rings (SSSR count). The highest BCUT2D eigenvalue weighted by molar-refractivity contribution is 5.75. The lowest BCUT2D eigenvalue weighted by Crippen LogP contribution is -2.44. The maximum Gasteiger partial charge on any atom is 0.364 e. The second-order valence-corrected chi connectivity index (χ2v) is 8.37. The number of hydrogen-bond acceptors (Lipinski definition) is 4. The Balaban J connectivity index is 2.61. The molecule has 1 unspecified atom stereocenters. The molecule has 6 nitrogen and oxygen atoms in total. The zero-order valence-electron chi connectivity index (χ0n) is 18.1. The Morgan fingerprint density at radius 1 is 1.14 bits per heavy atom. The quantitative estimate of drug-likeness (QED) is 0.210. The first kappa shape index (κ1) is 25.4.